The Morgan fingerprint density at radius 1 is 1.13 bits per heavy atom. The highest BCUT2D eigenvalue weighted by atomic mass is 16.5. The second-order valence-electron chi connectivity index (χ2n) is 8.53. The van der Waals surface area contributed by atoms with E-state index in [9.17, 15) is 4.79 Å². The molecule has 1 aliphatic heterocycles. The maximum Gasteiger partial charge on any atom is 0.272 e. The van der Waals surface area contributed by atoms with E-state index >= 15 is 0 Å². The minimum absolute atomic E-state index is 0.178. The van der Waals surface area contributed by atoms with Crippen molar-refractivity contribution in [3.05, 3.63) is 48.3 Å². The van der Waals surface area contributed by atoms with Gasteiger partial charge in [-0.15, -0.1) is 0 Å². The first-order valence-electron chi connectivity index (χ1n) is 10.5. The normalized spacial score (nSPS) is 15.3. The first-order valence-corrected chi connectivity index (χ1v) is 10.5. The molecule has 7 nitrogen and oxygen atoms in total. The van der Waals surface area contributed by atoms with Gasteiger partial charge >= 0.3 is 0 Å². The van der Waals surface area contributed by atoms with Crippen LogP contribution in [-0.2, 0) is 0 Å². The number of nitrogens with zero attached hydrogens (tertiary/aromatic N) is 4. The molecule has 1 aliphatic rings. The molecular formula is C23H29N5O2. The lowest BCUT2D eigenvalue weighted by Crippen LogP contribution is -2.52. The van der Waals surface area contributed by atoms with Gasteiger partial charge in [0, 0.05) is 29.9 Å². The predicted octanol–water partition coefficient (Wildman–Crippen LogP) is 3.40. The molecule has 0 bridgehead atoms. The lowest BCUT2D eigenvalue weighted by molar-refractivity contribution is 0.0872. The third kappa shape index (κ3) is 4.46. The van der Waals surface area contributed by atoms with Gasteiger partial charge in [0.2, 0.25) is 0 Å². The fraction of sp³-hybridized carbons (Fsp3) is 0.435. The van der Waals surface area contributed by atoms with E-state index in [1.165, 1.54) is 19.3 Å². The topological polar surface area (TPSA) is 71.8 Å². The number of benzene rings is 1. The molecule has 1 amide bonds. The van der Waals surface area contributed by atoms with E-state index in [1.54, 1.807) is 23.9 Å². The van der Waals surface area contributed by atoms with Gasteiger partial charge in [-0.1, -0.05) is 6.42 Å². The first-order chi connectivity index (χ1) is 14.4. The third-order valence-corrected chi connectivity index (χ3v) is 5.50. The van der Waals surface area contributed by atoms with Crippen LogP contribution >= 0.6 is 0 Å². The molecule has 0 saturated carbocycles. The molecule has 4 rings (SSSR count). The molecule has 3 heterocycles. The zero-order valence-corrected chi connectivity index (χ0v) is 17.9. The average molecular weight is 408 g/mol. The van der Waals surface area contributed by atoms with Crippen LogP contribution in [0.3, 0.4) is 0 Å². The van der Waals surface area contributed by atoms with Gasteiger partial charge in [0.1, 0.15) is 5.75 Å². The van der Waals surface area contributed by atoms with Crippen LogP contribution in [0, 0.1) is 0 Å². The lowest BCUT2D eigenvalue weighted by Gasteiger charge is -2.35. The quantitative estimate of drug-likeness (QED) is 0.678. The van der Waals surface area contributed by atoms with Gasteiger partial charge in [0.05, 0.1) is 12.8 Å². The lowest BCUT2D eigenvalue weighted by atomic mass is 10.0. The summed E-state index contributed by atoms with van der Waals surface area (Å²) in [5.74, 6) is 0.615. The summed E-state index contributed by atoms with van der Waals surface area (Å²) in [6.07, 6.45) is 5.50. The fourth-order valence-electron chi connectivity index (χ4n) is 4.07. The van der Waals surface area contributed by atoms with Crippen molar-refractivity contribution in [3.8, 4) is 17.0 Å². The number of hydrogen-bond donors (Lipinski definition) is 1. The maximum absolute atomic E-state index is 13.0. The second kappa shape index (κ2) is 8.44. The SMILES string of the molecule is COc1ccc(-c2ccnc3cc(C(=O)NC(C)(C)CN4CCCCC4)nn23)cc1. The van der Waals surface area contributed by atoms with E-state index < -0.39 is 0 Å². The standard InChI is InChI=1S/C23H29N5O2/c1-23(2,16-27-13-5-4-6-14-27)25-22(29)19-15-21-24-12-11-20(28(21)26-19)17-7-9-18(30-3)10-8-17/h7-12,15H,4-6,13-14,16H2,1-3H3,(H,25,29). The number of carbonyl (C=O) groups excluding carboxylic acids is 1. The summed E-state index contributed by atoms with van der Waals surface area (Å²) in [6.45, 7) is 7.17. The number of likely N-dealkylation sites (tertiary alicyclic amines) is 1. The Hall–Kier alpha value is -2.93. The number of hydrogen-bond acceptors (Lipinski definition) is 5. The molecule has 30 heavy (non-hydrogen) atoms. The molecule has 0 radical (unpaired) electrons. The van der Waals surface area contributed by atoms with E-state index in [-0.39, 0.29) is 11.4 Å². The van der Waals surface area contributed by atoms with Gasteiger partial charge in [0.25, 0.3) is 5.91 Å². The highest BCUT2D eigenvalue weighted by Crippen LogP contribution is 2.23. The van der Waals surface area contributed by atoms with Gasteiger partial charge < -0.3 is 15.0 Å². The van der Waals surface area contributed by atoms with E-state index in [1.807, 2.05) is 30.3 Å². The molecule has 1 N–H and O–H groups in total. The summed E-state index contributed by atoms with van der Waals surface area (Å²) >= 11 is 0. The number of amides is 1. The first kappa shape index (κ1) is 20.3. The van der Waals surface area contributed by atoms with E-state index in [0.29, 0.717) is 11.3 Å². The van der Waals surface area contributed by atoms with Crippen molar-refractivity contribution in [1.82, 2.24) is 24.8 Å². The minimum atomic E-state index is -0.337. The Balaban J connectivity index is 1.54. The minimum Gasteiger partial charge on any atom is -0.497 e. The number of fused-ring (bicyclic) bond motifs is 1. The molecule has 2 aromatic heterocycles. The summed E-state index contributed by atoms with van der Waals surface area (Å²) in [5, 5.41) is 7.71. The molecule has 1 fully saturated rings. The average Bonchev–Trinajstić information content (AvgIpc) is 3.18. The van der Waals surface area contributed by atoms with Crippen molar-refractivity contribution < 1.29 is 9.53 Å². The monoisotopic (exact) mass is 407 g/mol. The van der Waals surface area contributed by atoms with Crippen LogP contribution in [0.5, 0.6) is 5.75 Å². The van der Waals surface area contributed by atoms with Gasteiger partial charge in [-0.2, -0.15) is 5.10 Å². The van der Waals surface area contributed by atoms with Crippen LogP contribution in [0.25, 0.3) is 16.9 Å². The van der Waals surface area contributed by atoms with Crippen LogP contribution < -0.4 is 10.1 Å². The molecule has 0 unspecified atom stereocenters. The van der Waals surface area contributed by atoms with Crippen molar-refractivity contribution in [2.24, 2.45) is 0 Å². The van der Waals surface area contributed by atoms with E-state index in [0.717, 1.165) is 36.6 Å². The molecule has 7 heteroatoms. The van der Waals surface area contributed by atoms with Crippen molar-refractivity contribution in [1.29, 1.82) is 0 Å². The molecular weight excluding hydrogens is 378 g/mol. The molecule has 3 aromatic rings. The van der Waals surface area contributed by atoms with E-state index in [4.69, 9.17) is 4.74 Å². The van der Waals surface area contributed by atoms with Gasteiger partial charge in [-0.25, -0.2) is 9.50 Å². The summed E-state index contributed by atoms with van der Waals surface area (Å²) < 4.78 is 6.95. The summed E-state index contributed by atoms with van der Waals surface area (Å²) in [5.41, 5.74) is 2.52. The molecule has 1 saturated heterocycles. The fourth-order valence-corrected chi connectivity index (χ4v) is 4.07. The zero-order valence-electron chi connectivity index (χ0n) is 17.9. The maximum atomic E-state index is 13.0. The smallest absolute Gasteiger partial charge is 0.272 e. The molecule has 0 atom stereocenters. The third-order valence-electron chi connectivity index (χ3n) is 5.50. The van der Waals surface area contributed by atoms with Gasteiger partial charge in [-0.3, -0.25) is 4.79 Å². The van der Waals surface area contributed by atoms with Crippen LogP contribution in [0.4, 0.5) is 0 Å². The van der Waals surface area contributed by atoms with Crippen LogP contribution in [0.15, 0.2) is 42.6 Å². The number of aromatic nitrogens is 3. The second-order valence-corrected chi connectivity index (χ2v) is 8.53. The van der Waals surface area contributed by atoms with Gasteiger partial charge in [-0.05, 0) is 70.1 Å². The zero-order chi connectivity index (χ0) is 21.1. The van der Waals surface area contributed by atoms with Crippen LogP contribution in [0.1, 0.15) is 43.6 Å². The van der Waals surface area contributed by atoms with Gasteiger partial charge in [0.15, 0.2) is 11.3 Å². The summed E-state index contributed by atoms with van der Waals surface area (Å²) in [6, 6.07) is 11.4. The van der Waals surface area contributed by atoms with Crippen molar-refractivity contribution in [3.63, 3.8) is 0 Å². The number of carbonyl (C=O) groups is 1. The van der Waals surface area contributed by atoms with Crippen LogP contribution in [0.2, 0.25) is 0 Å². The Bertz CT molecular complexity index is 1020. The molecule has 0 aliphatic carbocycles. The molecule has 1 aromatic carbocycles. The number of ether oxygens (including phenoxy) is 1. The Labute approximate surface area is 177 Å². The molecule has 0 spiro atoms. The van der Waals surface area contributed by atoms with Crippen molar-refractivity contribution >= 4 is 11.6 Å². The molecule has 158 valence electrons. The number of methoxy groups -OCH3 is 1. The summed E-state index contributed by atoms with van der Waals surface area (Å²) in [7, 11) is 1.64. The largest absolute Gasteiger partial charge is 0.497 e. The number of nitrogens with one attached hydrogen (secondary N) is 1. The Kier molecular flexibility index (Phi) is 5.72. The van der Waals surface area contributed by atoms with Crippen LogP contribution in [-0.4, -0.2) is 57.7 Å². The summed E-state index contributed by atoms with van der Waals surface area (Å²) in [4.78, 5) is 19.8. The Morgan fingerprint density at radius 2 is 1.87 bits per heavy atom. The highest BCUT2D eigenvalue weighted by Gasteiger charge is 2.26. The van der Waals surface area contributed by atoms with Crippen molar-refractivity contribution in [2.75, 3.05) is 26.7 Å². The Morgan fingerprint density at radius 3 is 2.57 bits per heavy atom. The number of piperidine rings is 1. The highest BCUT2D eigenvalue weighted by molar-refractivity contribution is 5.94. The van der Waals surface area contributed by atoms with E-state index in [2.05, 4.69) is 34.1 Å². The predicted molar refractivity (Wildman–Crippen MR) is 117 cm³/mol. The van der Waals surface area contributed by atoms with Crippen molar-refractivity contribution in [2.45, 2.75) is 38.6 Å². The number of rotatable bonds is 6.